The lowest BCUT2D eigenvalue weighted by Crippen LogP contribution is -2.62. The van der Waals surface area contributed by atoms with Crippen LogP contribution >= 0.6 is 0 Å². The third-order valence-corrected chi connectivity index (χ3v) is 15.1. The molecule has 0 radical (unpaired) electrons. The summed E-state index contributed by atoms with van der Waals surface area (Å²) < 4.78 is 53.7. The van der Waals surface area contributed by atoms with Crippen LogP contribution in [0.1, 0.15) is 90.8 Å². The number of hydrogen-bond acceptors (Lipinski definition) is 10. The lowest BCUT2D eigenvalue weighted by Gasteiger charge is -2.46. The molecular formula is C64H74O10. The Hall–Kier alpha value is -5.69. The number of aliphatic hydroxyl groups is 1. The Bertz CT molecular complexity index is 2550. The van der Waals surface area contributed by atoms with Gasteiger partial charge in [0.05, 0.1) is 45.2 Å². The maximum atomic E-state index is 12.7. The van der Waals surface area contributed by atoms with Crippen LogP contribution in [0.15, 0.2) is 170 Å². The molecule has 10 nitrogen and oxygen atoms in total. The molecule has 3 aliphatic rings. The van der Waals surface area contributed by atoms with Gasteiger partial charge in [0, 0.05) is 0 Å². The Kier molecular flexibility index (Phi) is 19.9. The number of carbonyl (C=O) groups excluding carboxylic acids is 1. The van der Waals surface area contributed by atoms with E-state index >= 15 is 0 Å². The van der Waals surface area contributed by atoms with Crippen LogP contribution in [0.5, 0.6) is 5.75 Å². The van der Waals surface area contributed by atoms with Crippen LogP contribution in [-0.4, -0.2) is 67.2 Å². The molecule has 1 heterocycles. The van der Waals surface area contributed by atoms with Gasteiger partial charge < -0.3 is 43.0 Å². The van der Waals surface area contributed by atoms with Gasteiger partial charge in [0.2, 0.25) is 0 Å². The summed E-state index contributed by atoms with van der Waals surface area (Å²) in [5.74, 6) is 1.01. The van der Waals surface area contributed by atoms with Gasteiger partial charge in [-0.25, -0.2) is 4.79 Å². The first-order valence-electron chi connectivity index (χ1n) is 27.0. The fourth-order valence-corrected chi connectivity index (χ4v) is 11.2. The second-order valence-electron chi connectivity index (χ2n) is 20.3. The monoisotopic (exact) mass is 1000 g/mol. The Labute approximate surface area is 438 Å². The van der Waals surface area contributed by atoms with E-state index in [0.29, 0.717) is 38.3 Å². The highest BCUT2D eigenvalue weighted by atomic mass is 16.7. The van der Waals surface area contributed by atoms with Crippen molar-refractivity contribution in [2.45, 2.75) is 141 Å². The predicted molar refractivity (Wildman–Crippen MR) is 285 cm³/mol. The molecule has 1 saturated carbocycles. The maximum absolute atomic E-state index is 12.7. The van der Waals surface area contributed by atoms with Gasteiger partial charge in [-0.3, -0.25) is 0 Å². The molecule has 4 unspecified atom stereocenters. The van der Waals surface area contributed by atoms with E-state index in [-0.39, 0.29) is 31.8 Å². The number of carbonyl (C=O) groups is 1. The second kappa shape index (κ2) is 27.7. The third-order valence-electron chi connectivity index (χ3n) is 15.1. The van der Waals surface area contributed by atoms with Crippen LogP contribution in [-0.2, 0) is 83.8 Å². The van der Waals surface area contributed by atoms with Crippen molar-refractivity contribution >= 4 is 5.97 Å². The number of rotatable bonds is 27. The zero-order valence-corrected chi connectivity index (χ0v) is 42.9. The van der Waals surface area contributed by atoms with Gasteiger partial charge in [0.25, 0.3) is 0 Å². The molecule has 0 amide bonds. The van der Waals surface area contributed by atoms with Crippen LogP contribution in [0.3, 0.4) is 0 Å². The Balaban J connectivity index is 0.942. The molecule has 1 aliphatic heterocycles. The molecule has 10 atom stereocenters. The smallest absolute Gasteiger partial charge is 0.344 e. The highest BCUT2D eigenvalue weighted by Crippen LogP contribution is 2.49. The number of unbranched alkanes of at least 4 members (excludes halogenated alkanes) is 2. The van der Waals surface area contributed by atoms with Crippen LogP contribution < -0.4 is 4.74 Å². The van der Waals surface area contributed by atoms with E-state index in [1.54, 1.807) is 0 Å². The minimum absolute atomic E-state index is 0.0946. The number of benzene rings is 6. The van der Waals surface area contributed by atoms with Crippen molar-refractivity contribution in [2.75, 3.05) is 13.2 Å². The van der Waals surface area contributed by atoms with Crippen LogP contribution in [0.4, 0.5) is 0 Å². The highest BCUT2D eigenvalue weighted by Gasteiger charge is 2.50. The molecule has 6 aromatic carbocycles. The second-order valence-corrected chi connectivity index (χ2v) is 20.3. The van der Waals surface area contributed by atoms with Gasteiger partial charge in [0.1, 0.15) is 36.8 Å². The SMILES string of the molecule is CCCCCC(CC[C@H]1C2Cc3cccc(OCC(=O)OCc4ccccc4)c3CC2C[C@@H]1O)OC1O[C@H](COCc2ccccc2)[C@@H](OCc2ccccc2)[C@H](OCc2ccccc2)[C@H]1OCc1ccccc1. The molecule has 0 spiro atoms. The molecule has 1 saturated heterocycles. The zero-order chi connectivity index (χ0) is 50.7. The number of hydrogen-bond donors (Lipinski definition) is 1. The summed E-state index contributed by atoms with van der Waals surface area (Å²) in [6, 6.07) is 56.6. The van der Waals surface area contributed by atoms with E-state index in [1.807, 2.05) is 115 Å². The summed E-state index contributed by atoms with van der Waals surface area (Å²) in [7, 11) is 0. The van der Waals surface area contributed by atoms with Gasteiger partial charge in [-0.05, 0) is 101 Å². The summed E-state index contributed by atoms with van der Waals surface area (Å²) in [6.07, 6.45) is 4.07. The van der Waals surface area contributed by atoms with Gasteiger partial charge in [-0.1, -0.05) is 190 Å². The van der Waals surface area contributed by atoms with Crippen LogP contribution in [0.25, 0.3) is 0 Å². The fourth-order valence-electron chi connectivity index (χ4n) is 11.2. The third kappa shape index (κ3) is 15.0. The largest absolute Gasteiger partial charge is 0.482 e. The van der Waals surface area contributed by atoms with E-state index < -0.39 is 42.8 Å². The van der Waals surface area contributed by atoms with E-state index in [0.717, 1.165) is 96.9 Å². The molecule has 2 aliphatic carbocycles. The van der Waals surface area contributed by atoms with Crippen molar-refractivity contribution in [3.8, 4) is 5.75 Å². The molecule has 9 rings (SSSR count). The van der Waals surface area contributed by atoms with E-state index in [4.69, 9.17) is 37.9 Å². The number of fused-ring (bicyclic) bond motifs is 2. The van der Waals surface area contributed by atoms with Crippen LogP contribution in [0.2, 0.25) is 0 Å². The van der Waals surface area contributed by atoms with Crippen molar-refractivity contribution < 1.29 is 47.8 Å². The average Bonchev–Trinajstić information content (AvgIpc) is 3.75. The Morgan fingerprint density at radius 3 is 1.76 bits per heavy atom. The fraction of sp³-hybridized carbons (Fsp3) is 0.422. The lowest BCUT2D eigenvalue weighted by atomic mass is 9.73. The molecule has 0 aromatic heterocycles. The predicted octanol–water partition coefficient (Wildman–Crippen LogP) is 12.0. The molecular weight excluding hydrogens is 929 g/mol. The molecule has 2 fully saturated rings. The summed E-state index contributed by atoms with van der Waals surface area (Å²) in [4.78, 5) is 12.7. The van der Waals surface area contributed by atoms with E-state index in [9.17, 15) is 9.90 Å². The normalized spacial score (nSPS) is 23.6. The first-order valence-corrected chi connectivity index (χ1v) is 27.0. The standard InChI is InChI=1S/C64H74O10/c1-2-3-9-32-53(34-35-54-55-36-51-31-20-33-58(56(51)37-52(55)38-57(54)65)68-45-60(66)69-40-47-23-12-5-13-24-47)73-64-63(72-43-50-29-18-8-19-30-50)62(71-42-49-27-16-7-17-28-49)61(70-41-48-25-14-6-15-26-48)59(74-64)44-67-39-46-21-10-4-11-22-46/h4-8,10-31,33,52-55,57,59,61-65H,2-3,9,32,34-45H2,1H3/t52?,53?,54-,55?,57-,59+,61+,62-,63+,64?/m0/s1. The van der Waals surface area contributed by atoms with Gasteiger partial charge >= 0.3 is 5.97 Å². The molecule has 6 aromatic rings. The molecule has 10 heteroatoms. The Morgan fingerprint density at radius 1 is 0.608 bits per heavy atom. The molecule has 1 N–H and O–H groups in total. The first-order chi connectivity index (χ1) is 36.5. The minimum Gasteiger partial charge on any atom is -0.482 e. The molecule has 390 valence electrons. The Morgan fingerprint density at radius 2 is 1.16 bits per heavy atom. The maximum Gasteiger partial charge on any atom is 0.344 e. The van der Waals surface area contributed by atoms with Gasteiger partial charge in [-0.15, -0.1) is 0 Å². The van der Waals surface area contributed by atoms with Crippen molar-refractivity contribution in [2.24, 2.45) is 17.8 Å². The quantitative estimate of drug-likeness (QED) is 0.0395. The van der Waals surface area contributed by atoms with Crippen molar-refractivity contribution in [3.05, 3.63) is 209 Å². The highest BCUT2D eigenvalue weighted by molar-refractivity contribution is 5.71. The number of aliphatic hydroxyl groups excluding tert-OH is 1. The van der Waals surface area contributed by atoms with E-state index in [1.165, 1.54) is 5.56 Å². The van der Waals surface area contributed by atoms with Crippen molar-refractivity contribution in [1.29, 1.82) is 0 Å². The molecule has 74 heavy (non-hydrogen) atoms. The van der Waals surface area contributed by atoms with Crippen LogP contribution in [0, 0.1) is 17.8 Å². The van der Waals surface area contributed by atoms with Crippen molar-refractivity contribution in [3.63, 3.8) is 0 Å². The minimum atomic E-state index is -0.815. The number of esters is 1. The summed E-state index contributed by atoms with van der Waals surface area (Å²) in [6.45, 7) is 3.94. The average molecular weight is 1000 g/mol. The topological polar surface area (TPSA) is 111 Å². The number of ether oxygens (including phenoxy) is 8. The van der Waals surface area contributed by atoms with Gasteiger partial charge in [0.15, 0.2) is 12.9 Å². The lowest BCUT2D eigenvalue weighted by molar-refractivity contribution is -0.337. The molecule has 0 bridgehead atoms. The van der Waals surface area contributed by atoms with Gasteiger partial charge in [-0.2, -0.15) is 0 Å². The summed E-state index contributed by atoms with van der Waals surface area (Å²) in [5, 5.41) is 11.9. The zero-order valence-electron chi connectivity index (χ0n) is 42.9. The van der Waals surface area contributed by atoms with Crippen molar-refractivity contribution in [1.82, 2.24) is 0 Å². The summed E-state index contributed by atoms with van der Waals surface area (Å²) in [5.41, 5.74) is 7.46. The van der Waals surface area contributed by atoms with E-state index in [2.05, 4.69) is 61.5 Å². The first kappa shape index (κ1) is 53.1. The summed E-state index contributed by atoms with van der Waals surface area (Å²) >= 11 is 0.